The molecule has 0 radical (unpaired) electrons. The number of Topliss-reactive ketones (excluding diaryl/α,β-unsaturated/α-hetero) is 1. The fraction of sp³-hybridized carbons (Fsp3) is 0.364. The molecule has 1 aromatic heterocycles. The van der Waals surface area contributed by atoms with E-state index in [4.69, 9.17) is 9.15 Å². The highest BCUT2D eigenvalue weighted by atomic mass is 16.5. The first-order valence-corrected chi connectivity index (χ1v) is 4.58. The molecule has 1 atom stereocenters. The van der Waals surface area contributed by atoms with Crippen molar-refractivity contribution in [3.8, 4) is 0 Å². The number of carbonyl (C=O) groups excluding carboxylic acids is 1. The van der Waals surface area contributed by atoms with Gasteiger partial charge in [0.05, 0.1) is 12.2 Å². The fourth-order valence-corrected chi connectivity index (χ4v) is 1.82. The summed E-state index contributed by atoms with van der Waals surface area (Å²) in [6.07, 6.45) is 1.61. The number of allylic oxidation sites excluding steroid dienone is 1. The third kappa shape index (κ3) is 1.35. The van der Waals surface area contributed by atoms with E-state index < -0.39 is 0 Å². The van der Waals surface area contributed by atoms with Crippen LogP contribution in [0.5, 0.6) is 0 Å². The summed E-state index contributed by atoms with van der Waals surface area (Å²) in [6.45, 7) is 3.89. The first-order valence-electron chi connectivity index (χ1n) is 4.58. The van der Waals surface area contributed by atoms with Crippen molar-refractivity contribution in [2.24, 2.45) is 0 Å². The Hall–Kier alpha value is -1.51. The van der Waals surface area contributed by atoms with Crippen molar-refractivity contribution in [3.63, 3.8) is 0 Å². The molecule has 1 aromatic rings. The van der Waals surface area contributed by atoms with E-state index in [-0.39, 0.29) is 11.7 Å². The molecule has 1 unspecified atom stereocenters. The predicted octanol–water partition coefficient (Wildman–Crippen LogP) is 2.26. The van der Waals surface area contributed by atoms with Crippen molar-refractivity contribution < 1.29 is 13.9 Å². The minimum absolute atomic E-state index is 0.0255. The molecule has 3 nitrogen and oxygen atoms in total. The molecule has 0 spiro atoms. The van der Waals surface area contributed by atoms with Crippen molar-refractivity contribution in [2.45, 2.75) is 19.8 Å². The lowest BCUT2D eigenvalue weighted by Gasteiger charge is -2.06. The molecule has 0 saturated heterocycles. The van der Waals surface area contributed by atoms with Gasteiger partial charge >= 0.3 is 0 Å². The van der Waals surface area contributed by atoms with E-state index >= 15 is 0 Å². The van der Waals surface area contributed by atoms with Crippen LogP contribution in [0.25, 0.3) is 0 Å². The molecule has 3 heteroatoms. The Morgan fingerprint density at radius 1 is 1.57 bits per heavy atom. The molecular weight excluding hydrogens is 180 g/mol. The second kappa shape index (κ2) is 3.33. The second-order valence-corrected chi connectivity index (χ2v) is 3.41. The second-order valence-electron chi connectivity index (χ2n) is 3.41. The van der Waals surface area contributed by atoms with E-state index in [1.807, 2.05) is 19.1 Å². The number of hydrogen-bond donors (Lipinski definition) is 0. The van der Waals surface area contributed by atoms with E-state index in [0.29, 0.717) is 6.61 Å². The van der Waals surface area contributed by atoms with Gasteiger partial charge in [-0.25, -0.2) is 0 Å². The standard InChI is InChI=1S/C11H12O3/c1-7(12)11-8(2)14-6-9(11)10-4-3-5-13-10/h3-5,9H,6H2,1-2H3. The zero-order valence-electron chi connectivity index (χ0n) is 8.24. The lowest BCUT2D eigenvalue weighted by atomic mass is 9.95. The van der Waals surface area contributed by atoms with Crippen LogP contribution in [0.1, 0.15) is 25.5 Å². The van der Waals surface area contributed by atoms with Gasteiger partial charge in [0.2, 0.25) is 0 Å². The highest BCUT2D eigenvalue weighted by Gasteiger charge is 2.31. The van der Waals surface area contributed by atoms with Crippen LogP contribution < -0.4 is 0 Å². The van der Waals surface area contributed by atoms with Gasteiger partial charge in [0.1, 0.15) is 18.1 Å². The number of carbonyl (C=O) groups is 1. The Kier molecular flexibility index (Phi) is 2.15. The van der Waals surface area contributed by atoms with Crippen LogP contribution in [0.4, 0.5) is 0 Å². The summed E-state index contributed by atoms with van der Waals surface area (Å²) in [5, 5.41) is 0. The van der Waals surface area contributed by atoms with Gasteiger partial charge in [0.25, 0.3) is 0 Å². The molecule has 1 aliphatic heterocycles. The maximum atomic E-state index is 11.4. The van der Waals surface area contributed by atoms with Crippen molar-refractivity contribution >= 4 is 5.78 Å². The van der Waals surface area contributed by atoms with Gasteiger partial charge in [-0.3, -0.25) is 4.79 Å². The lowest BCUT2D eigenvalue weighted by Crippen LogP contribution is -2.07. The smallest absolute Gasteiger partial charge is 0.160 e. The molecule has 0 N–H and O–H groups in total. The summed E-state index contributed by atoms with van der Waals surface area (Å²) < 4.78 is 10.6. The van der Waals surface area contributed by atoms with Gasteiger partial charge in [-0.1, -0.05) is 0 Å². The monoisotopic (exact) mass is 192 g/mol. The SMILES string of the molecule is CC(=O)C1=C(C)OCC1c1ccco1. The zero-order valence-corrected chi connectivity index (χ0v) is 8.24. The highest BCUT2D eigenvalue weighted by molar-refractivity contribution is 5.95. The van der Waals surface area contributed by atoms with Crippen molar-refractivity contribution in [1.82, 2.24) is 0 Å². The van der Waals surface area contributed by atoms with Crippen LogP contribution in [0.2, 0.25) is 0 Å². The van der Waals surface area contributed by atoms with Gasteiger partial charge < -0.3 is 9.15 Å². The fourth-order valence-electron chi connectivity index (χ4n) is 1.82. The Bertz CT molecular complexity index is 373. The van der Waals surface area contributed by atoms with Gasteiger partial charge in [0, 0.05) is 5.57 Å². The summed E-state index contributed by atoms with van der Waals surface area (Å²) in [6, 6.07) is 3.69. The molecule has 1 aliphatic rings. The molecule has 0 amide bonds. The third-order valence-electron chi connectivity index (χ3n) is 2.46. The summed E-state index contributed by atoms with van der Waals surface area (Å²) in [5.74, 6) is 1.55. The van der Waals surface area contributed by atoms with E-state index in [2.05, 4.69) is 0 Å². The molecular formula is C11H12O3. The molecule has 0 bridgehead atoms. The topological polar surface area (TPSA) is 39.4 Å². The molecule has 0 aromatic carbocycles. The van der Waals surface area contributed by atoms with Gasteiger partial charge in [-0.15, -0.1) is 0 Å². The number of rotatable bonds is 2. The van der Waals surface area contributed by atoms with Crippen molar-refractivity contribution in [3.05, 3.63) is 35.5 Å². The van der Waals surface area contributed by atoms with Crippen LogP contribution in [0.3, 0.4) is 0 Å². The Morgan fingerprint density at radius 3 is 2.93 bits per heavy atom. The zero-order chi connectivity index (χ0) is 10.1. The summed E-state index contributed by atoms with van der Waals surface area (Å²) in [5.41, 5.74) is 0.736. The predicted molar refractivity (Wildman–Crippen MR) is 50.8 cm³/mol. The van der Waals surface area contributed by atoms with Crippen LogP contribution in [0, 0.1) is 0 Å². The van der Waals surface area contributed by atoms with Gasteiger partial charge in [-0.2, -0.15) is 0 Å². The number of hydrogen-bond acceptors (Lipinski definition) is 3. The first kappa shape index (κ1) is 9.06. The summed E-state index contributed by atoms with van der Waals surface area (Å²) in [7, 11) is 0. The molecule has 74 valence electrons. The molecule has 2 rings (SSSR count). The van der Waals surface area contributed by atoms with Gasteiger partial charge in [-0.05, 0) is 26.0 Å². The van der Waals surface area contributed by atoms with Crippen LogP contribution >= 0.6 is 0 Å². The van der Waals surface area contributed by atoms with E-state index in [1.54, 1.807) is 13.2 Å². The largest absolute Gasteiger partial charge is 0.497 e. The normalized spacial score (nSPS) is 21.1. The maximum Gasteiger partial charge on any atom is 0.160 e. The van der Waals surface area contributed by atoms with Crippen molar-refractivity contribution in [2.75, 3.05) is 6.61 Å². The lowest BCUT2D eigenvalue weighted by molar-refractivity contribution is -0.113. The van der Waals surface area contributed by atoms with E-state index in [1.165, 1.54) is 0 Å². The molecule has 0 fully saturated rings. The van der Waals surface area contributed by atoms with E-state index in [9.17, 15) is 4.79 Å². The third-order valence-corrected chi connectivity index (χ3v) is 2.46. The minimum atomic E-state index is -0.0255. The summed E-state index contributed by atoms with van der Waals surface area (Å²) in [4.78, 5) is 11.4. The quantitative estimate of drug-likeness (QED) is 0.721. The Balaban J connectivity index is 2.36. The number of furan rings is 1. The van der Waals surface area contributed by atoms with Crippen molar-refractivity contribution in [1.29, 1.82) is 0 Å². The van der Waals surface area contributed by atoms with Gasteiger partial charge in [0.15, 0.2) is 5.78 Å². The van der Waals surface area contributed by atoms with Crippen LogP contribution in [0.15, 0.2) is 34.1 Å². The molecule has 0 aliphatic carbocycles. The highest BCUT2D eigenvalue weighted by Crippen LogP contribution is 2.34. The average molecular weight is 192 g/mol. The molecule has 14 heavy (non-hydrogen) atoms. The maximum absolute atomic E-state index is 11.4. The number of ketones is 1. The molecule has 2 heterocycles. The first-order chi connectivity index (χ1) is 6.70. The Labute approximate surface area is 82.4 Å². The van der Waals surface area contributed by atoms with Crippen LogP contribution in [-0.2, 0) is 9.53 Å². The minimum Gasteiger partial charge on any atom is -0.497 e. The number of ether oxygens (including phenoxy) is 1. The summed E-state index contributed by atoms with van der Waals surface area (Å²) >= 11 is 0. The Morgan fingerprint density at radius 2 is 2.36 bits per heavy atom. The average Bonchev–Trinajstić information content (AvgIpc) is 2.70. The van der Waals surface area contributed by atoms with Crippen LogP contribution in [-0.4, -0.2) is 12.4 Å². The van der Waals surface area contributed by atoms with E-state index in [0.717, 1.165) is 17.1 Å². The molecule has 0 saturated carbocycles.